The number of rotatable bonds is 4. The number of halogens is 1. The summed E-state index contributed by atoms with van der Waals surface area (Å²) < 4.78 is 0.459. The number of Topliss-reactive ketones (excluding diaryl/α,β-unsaturated/α-hetero) is 1. The second-order valence-electron chi connectivity index (χ2n) is 4.95. The topological polar surface area (TPSA) is 66.7 Å². The lowest BCUT2D eigenvalue weighted by Crippen LogP contribution is -2.41. The molecule has 0 spiro atoms. The molecule has 1 saturated heterocycles. The van der Waals surface area contributed by atoms with Gasteiger partial charge in [-0.15, -0.1) is 0 Å². The molecule has 0 bridgehead atoms. The Labute approximate surface area is 131 Å². The van der Waals surface area contributed by atoms with Crippen LogP contribution in [0.5, 0.6) is 0 Å². The second kappa shape index (κ2) is 6.82. The number of piperazine rings is 1. The van der Waals surface area contributed by atoms with E-state index < -0.39 is 4.92 Å². The monoisotopic (exact) mass is 353 g/mol. The largest absolute Gasteiger partial charge is 0.374 e. The molecule has 1 aromatic carbocycles. The van der Waals surface area contributed by atoms with Gasteiger partial charge in [0.1, 0.15) is 0 Å². The fourth-order valence-electron chi connectivity index (χ4n) is 2.04. The highest BCUT2D eigenvalue weighted by molar-refractivity contribution is 9.12. The smallest absolute Gasteiger partial charge is 0.269 e. The molecule has 1 aliphatic heterocycles. The van der Waals surface area contributed by atoms with Gasteiger partial charge in [0.05, 0.1) is 9.41 Å². The average molecular weight is 354 g/mol. The minimum absolute atomic E-state index is 0.0225. The molecule has 1 aliphatic rings. The summed E-state index contributed by atoms with van der Waals surface area (Å²) >= 11 is 3.30. The SMILES string of the molecule is CN1CCN(/C=C(\Br)C(=O)c2ccc([N+](=O)[O-])cc2)CC1. The van der Waals surface area contributed by atoms with Gasteiger partial charge in [0, 0.05) is 50.1 Å². The van der Waals surface area contributed by atoms with Crippen LogP contribution in [0.4, 0.5) is 5.69 Å². The number of hydrogen-bond acceptors (Lipinski definition) is 5. The van der Waals surface area contributed by atoms with E-state index in [1.807, 2.05) is 0 Å². The van der Waals surface area contributed by atoms with E-state index in [-0.39, 0.29) is 11.5 Å². The minimum Gasteiger partial charge on any atom is -0.374 e. The first kappa shape index (κ1) is 15.7. The van der Waals surface area contributed by atoms with Crippen LogP contribution in [0.3, 0.4) is 0 Å². The Bertz CT molecular complexity index is 563. The van der Waals surface area contributed by atoms with Gasteiger partial charge in [0.25, 0.3) is 5.69 Å². The van der Waals surface area contributed by atoms with Gasteiger partial charge in [0.15, 0.2) is 0 Å². The maximum atomic E-state index is 12.2. The van der Waals surface area contributed by atoms with Gasteiger partial charge in [0.2, 0.25) is 5.78 Å². The maximum Gasteiger partial charge on any atom is 0.269 e. The summed E-state index contributed by atoms with van der Waals surface area (Å²) in [5, 5.41) is 10.6. The van der Waals surface area contributed by atoms with Crippen molar-refractivity contribution in [2.24, 2.45) is 0 Å². The van der Waals surface area contributed by atoms with Crippen LogP contribution in [-0.4, -0.2) is 53.7 Å². The van der Waals surface area contributed by atoms with Crippen molar-refractivity contribution in [1.29, 1.82) is 0 Å². The third-order valence-electron chi connectivity index (χ3n) is 3.39. The van der Waals surface area contributed by atoms with Gasteiger partial charge in [-0.3, -0.25) is 14.9 Å². The molecule has 1 fully saturated rings. The molecular weight excluding hydrogens is 338 g/mol. The fourth-order valence-corrected chi connectivity index (χ4v) is 2.56. The number of likely N-dealkylation sites (N-methyl/N-ethyl adjacent to an activating group) is 1. The number of non-ortho nitro benzene ring substituents is 1. The van der Waals surface area contributed by atoms with Crippen LogP contribution in [0.15, 0.2) is 34.9 Å². The second-order valence-corrected chi connectivity index (χ2v) is 5.80. The lowest BCUT2D eigenvalue weighted by Gasteiger charge is -2.31. The molecule has 0 aliphatic carbocycles. The number of nitro groups is 1. The zero-order chi connectivity index (χ0) is 15.4. The van der Waals surface area contributed by atoms with Crippen molar-refractivity contribution in [3.05, 3.63) is 50.6 Å². The molecule has 0 radical (unpaired) electrons. The molecular formula is C14H16BrN3O3. The fraction of sp³-hybridized carbons (Fsp3) is 0.357. The predicted molar refractivity (Wildman–Crippen MR) is 83.5 cm³/mol. The van der Waals surface area contributed by atoms with Gasteiger partial charge in [-0.2, -0.15) is 0 Å². The lowest BCUT2D eigenvalue weighted by atomic mass is 10.1. The standard InChI is InChI=1S/C14H16BrN3O3/c1-16-6-8-17(9-7-16)10-13(15)14(19)11-2-4-12(5-3-11)18(20)21/h2-5,10H,6-9H2,1H3/b13-10-. The Kier molecular flexibility index (Phi) is 5.08. The first-order valence-corrected chi connectivity index (χ1v) is 7.36. The number of allylic oxidation sites excluding steroid dienone is 1. The summed E-state index contributed by atoms with van der Waals surface area (Å²) in [7, 11) is 2.07. The zero-order valence-corrected chi connectivity index (χ0v) is 13.2. The van der Waals surface area contributed by atoms with E-state index >= 15 is 0 Å². The summed E-state index contributed by atoms with van der Waals surface area (Å²) in [5.74, 6) is -0.177. The summed E-state index contributed by atoms with van der Waals surface area (Å²) in [5.41, 5.74) is 0.406. The van der Waals surface area contributed by atoms with E-state index in [9.17, 15) is 14.9 Å². The Morgan fingerprint density at radius 1 is 1.24 bits per heavy atom. The predicted octanol–water partition coefficient (Wildman–Crippen LogP) is 2.26. The average Bonchev–Trinajstić information content (AvgIpc) is 2.49. The third kappa shape index (κ3) is 4.12. The molecule has 1 heterocycles. The summed E-state index contributed by atoms with van der Waals surface area (Å²) in [4.78, 5) is 26.7. The zero-order valence-electron chi connectivity index (χ0n) is 11.7. The van der Waals surface area contributed by atoms with E-state index in [1.165, 1.54) is 24.3 Å². The number of carbonyl (C=O) groups is 1. The number of carbonyl (C=O) groups excluding carboxylic acids is 1. The molecule has 0 atom stereocenters. The van der Waals surface area contributed by atoms with Crippen LogP contribution in [0.25, 0.3) is 0 Å². The number of hydrogen-bond donors (Lipinski definition) is 0. The molecule has 0 amide bonds. The highest BCUT2D eigenvalue weighted by atomic mass is 79.9. The highest BCUT2D eigenvalue weighted by Gasteiger charge is 2.15. The number of ketones is 1. The normalized spacial score (nSPS) is 16.9. The molecule has 0 aromatic heterocycles. The quantitative estimate of drug-likeness (QED) is 0.359. The molecule has 112 valence electrons. The molecule has 0 unspecified atom stereocenters. The van der Waals surface area contributed by atoms with Crippen LogP contribution >= 0.6 is 15.9 Å². The molecule has 2 rings (SSSR count). The van der Waals surface area contributed by atoms with Crippen molar-refractivity contribution < 1.29 is 9.72 Å². The van der Waals surface area contributed by atoms with E-state index in [2.05, 4.69) is 32.8 Å². The van der Waals surface area contributed by atoms with Gasteiger partial charge in [-0.05, 0) is 35.1 Å². The Morgan fingerprint density at radius 2 is 1.81 bits per heavy atom. The van der Waals surface area contributed by atoms with E-state index in [4.69, 9.17) is 0 Å². The van der Waals surface area contributed by atoms with Gasteiger partial charge < -0.3 is 9.80 Å². The van der Waals surface area contributed by atoms with Gasteiger partial charge >= 0.3 is 0 Å². The maximum absolute atomic E-state index is 12.2. The Morgan fingerprint density at radius 3 is 2.33 bits per heavy atom. The first-order chi connectivity index (χ1) is 9.97. The summed E-state index contributed by atoms with van der Waals surface area (Å²) in [6.07, 6.45) is 1.80. The van der Waals surface area contributed by atoms with Gasteiger partial charge in [-0.1, -0.05) is 0 Å². The van der Waals surface area contributed by atoms with Crippen LogP contribution in [-0.2, 0) is 0 Å². The molecule has 21 heavy (non-hydrogen) atoms. The Balaban J connectivity index is 2.06. The summed E-state index contributed by atoms with van der Waals surface area (Å²) in [6, 6.07) is 5.62. The molecule has 0 N–H and O–H groups in total. The van der Waals surface area contributed by atoms with Crippen LogP contribution < -0.4 is 0 Å². The van der Waals surface area contributed by atoms with Crippen molar-refractivity contribution >= 4 is 27.4 Å². The number of nitro benzene ring substituents is 1. The van der Waals surface area contributed by atoms with Crippen LogP contribution in [0, 0.1) is 10.1 Å². The highest BCUT2D eigenvalue weighted by Crippen LogP contribution is 2.18. The lowest BCUT2D eigenvalue weighted by molar-refractivity contribution is -0.384. The Hall–Kier alpha value is -1.73. The third-order valence-corrected chi connectivity index (χ3v) is 3.96. The van der Waals surface area contributed by atoms with Crippen molar-refractivity contribution in [3.8, 4) is 0 Å². The summed E-state index contributed by atoms with van der Waals surface area (Å²) in [6.45, 7) is 3.67. The number of nitrogens with zero attached hydrogens (tertiary/aromatic N) is 3. The van der Waals surface area contributed by atoms with Crippen molar-refractivity contribution in [3.63, 3.8) is 0 Å². The first-order valence-electron chi connectivity index (χ1n) is 6.56. The van der Waals surface area contributed by atoms with Crippen molar-refractivity contribution in [2.45, 2.75) is 0 Å². The van der Waals surface area contributed by atoms with Crippen LogP contribution in [0.2, 0.25) is 0 Å². The molecule has 7 heteroatoms. The molecule has 0 saturated carbocycles. The van der Waals surface area contributed by atoms with Crippen LogP contribution in [0.1, 0.15) is 10.4 Å². The van der Waals surface area contributed by atoms with E-state index in [0.717, 1.165) is 26.2 Å². The van der Waals surface area contributed by atoms with E-state index in [1.54, 1.807) is 6.20 Å². The van der Waals surface area contributed by atoms with Crippen molar-refractivity contribution in [1.82, 2.24) is 9.80 Å². The number of benzene rings is 1. The molecule has 1 aromatic rings. The molecule has 6 nitrogen and oxygen atoms in total. The van der Waals surface area contributed by atoms with E-state index in [0.29, 0.717) is 10.0 Å². The van der Waals surface area contributed by atoms with Crippen molar-refractivity contribution in [2.75, 3.05) is 33.2 Å². The minimum atomic E-state index is -0.483. The van der Waals surface area contributed by atoms with Gasteiger partial charge in [-0.25, -0.2) is 0 Å².